The summed E-state index contributed by atoms with van der Waals surface area (Å²) in [4.78, 5) is 15.0. The molecule has 1 unspecified atom stereocenters. The van der Waals surface area contributed by atoms with Crippen LogP contribution in [-0.2, 0) is 6.42 Å². The van der Waals surface area contributed by atoms with Crippen molar-refractivity contribution >= 4 is 28.2 Å². The molecule has 2 aromatic rings. The van der Waals surface area contributed by atoms with Crippen LogP contribution >= 0.6 is 11.6 Å². The molecule has 0 aliphatic heterocycles. The predicted octanol–water partition coefficient (Wildman–Crippen LogP) is 4.34. The summed E-state index contributed by atoms with van der Waals surface area (Å²) in [5.74, 6) is 0.523. The van der Waals surface area contributed by atoms with Crippen molar-refractivity contribution < 1.29 is 4.92 Å². The van der Waals surface area contributed by atoms with Crippen molar-refractivity contribution in [1.82, 2.24) is 4.98 Å². The van der Waals surface area contributed by atoms with Crippen LogP contribution in [0.4, 0.5) is 5.69 Å². The number of hydrogen-bond donors (Lipinski definition) is 0. The van der Waals surface area contributed by atoms with Gasteiger partial charge in [-0.05, 0) is 42.5 Å². The van der Waals surface area contributed by atoms with Gasteiger partial charge in [-0.2, -0.15) is 0 Å². The van der Waals surface area contributed by atoms with Gasteiger partial charge in [-0.15, -0.1) is 11.6 Å². The summed E-state index contributed by atoms with van der Waals surface area (Å²) in [6, 6.07) is 6.75. The number of halogens is 1. The van der Waals surface area contributed by atoms with E-state index >= 15 is 0 Å². The number of rotatable bonds is 5. The zero-order valence-electron chi connectivity index (χ0n) is 11.5. The Hall–Kier alpha value is -1.68. The Morgan fingerprint density at radius 2 is 2.10 bits per heavy atom. The Morgan fingerprint density at radius 3 is 2.75 bits per heavy atom. The fourth-order valence-electron chi connectivity index (χ4n) is 2.37. The van der Waals surface area contributed by atoms with Gasteiger partial charge in [0.1, 0.15) is 0 Å². The van der Waals surface area contributed by atoms with E-state index in [0.717, 1.165) is 12.0 Å². The molecule has 0 fully saturated rings. The minimum absolute atomic E-state index is 0.0154. The fraction of sp³-hybridized carbons (Fsp3) is 0.400. The Morgan fingerprint density at radius 1 is 1.35 bits per heavy atom. The van der Waals surface area contributed by atoms with Crippen LogP contribution in [0.25, 0.3) is 10.9 Å². The first kappa shape index (κ1) is 14.7. The summed E-state index contributed by atoms with van der Waals surface area (Å²) in [6.45, 7) is 4.25. The summed E-state index contributed by atoms with van der Waals surface area (Å²) >= 11 is 6.35. The molecule has 0 radical (unpaired) electrons. The number of alkyl halides is 1. The van der Waals surface area contributed by atoms with Crippen molar-refractivity contribution in [2.75, 3.05) is 0 Å². The van der Waals surface area contributed by atoms with Gasteiger partial charge in [0, 0.05) is 17.6 Å². The third kappa shape index (κ3) is 3.25. The smallest absolute Gasteiger partial charge is 0.258 e. The van der Waals surface area contributed by atoms with Crippen molar-refractivity contribution in [2.24, 2.45) is 5.92 Å². The van der Waals surface area contributed by atoms with Crippen LogP contribution < -0.4 is 0 Å². The molecule has 2 rings (SSSR count). The van der Waals surface area contributed by atoms with E-state index in [9.17, 15) is 10.1 Å². The molecule has 1 heterocycles. The van der Waals surface area contributed by atoms with Gasteiger partial charge >= 0.3 is 0 Å². The first-order chi connectivity index (χ1) is 9.49. The molecule has 106 valence electrons. The average molecular weight is 293 g/mol. The molecule has 0 spiro atoms. The number of fused-ring (bicyclic) bond motifs is 1. The van der Waals surface area contributed by atoms with Crippen molar-refractivity contribution in [1.29, 1.82) is 0 Å². The summed E-state index contributed by atoms with van der Waals surface area (Å²) < 4.78 is 0. The molecule has 0 N–H and O–H groups in total. The second-order valence-electron chi connectivity index (χ2n) is 5.33. The number of aromatic nitrogens is 1. The third-order valence-electron chi connectivity index (χ3n) is 3.20. The lowest BCUT2D eigenvalue weighted by atomic mass is 9.99. The predicted molar refractivity (Wildman–Crippen MR) is 81.2 cm³/mol. The molecule has 0 amide bonds. The van der Waals surface area contributed by atoms with Crippen molar-refractivity contribution in [2.45, 2.75) is 32.1 Å². The highest BCUT2D eigenvalue weighted by molar-refractivity contribution is 6.20. The van der Waals surface area contributed by atoms with Gasteiger partial charge < -0.3 is 0 Å². The highest BCUT2D eigenvalue weighted by Gasteiger charge is 2.17. The minimum Gasteiger partial charge on any atom is -0.258 e. The van der Waals surface area contributed by atoms with Crippen molar-refractivity contribution in [3.63, 3.8) is 0 Å². The van der Waals surface area contributed by atoms with Gasteiger partial charge in [0.15, 0.2) is 0 Å². The lowest BCUT2D eigenvalue weighted by Gasteiger charge is -2.13. The molecular formula is C15H17ClN2O2. The maximum absolute atomic E-state index is 11.0. The average Bonchev–Trinajstić information content (AvgIpc) is 2.37. The van der Waals surface area contributed by atoms with Crippen LogP contribution in [0.3, 0.4) is 0 Å². The first-order valence-corrected chi connectivity index (χ1v) is 7.07. The fourth-order valence-corrected chi connectivity index (χ4v) is 2.90. The Bertz CT molecular complexity index is 628. The number of nitro benzene ring substituents is 1. The van der Waals surface area contributed by atoms with Gasteiger partial charge in [0.25, 0.3) is 5.69 Å². The van der Waals surface area contributed by atoms with Crippen LogP contribution in [0.5, 0.6) is 0 Å². The van der Waals surface area contributed by atoms with Gasteiger partial charge in [-0.3, -0.25) is 15.1 Å². The van der Waals surface area contributed by atoms with Gasteiger partial charge in [0.05, 0.1) is 15.8 Å². The highest BCUT2D eigenvalue weighted by Crippen LogP contribution is 2.28. The summed E-state index contributed by atoms with van der Waals surface area (Å²) in [5, 5.41) is 11.6. The monoisotopic (exact) mass is 292 g/mol. The first-order valence-electron chi connectivity index (χ1n) is 6.64. The van der Waals surface area contributed by atoms with Crippen molar-refractivity contribution in [3.8, 4) is 0 Å². The van der Waals surface area contributed by atoms with Gasteiger partial charge in [0.2, 0.25) is 0 Å². The van der Waals surface area contributed by atoms with E-state index in [0.29, 0.717) is 23.2 Å². The molecule has 1 atom stereocenters. The molecule has 0 bridgehead atoms. The van der Waals surface area contributed by atoms with E-state index in [1.807, 2.05) is 0 Å². The largest absolute Gasteiger partial charge is 0.278 e. The normalized spacial score (nSPS) is 12.8. The minimum atomic E-state index is -0.375. The number of nitrogens with zero attached hydrogens (tertiary/aromatic N) is 2. The molecule has 1 aromatic carbocycles. The number of non-ortho nitro benzene ring substituents is 1. The molecule has 5 heteroatoms. The van der Waals surface area contributed by atoms with Gasteiger partial charge in [-0.25, -0.2) is 0 Å². The Kier molecular flexibility index (Phi) is 4.55. The lowest BCUT2D eigenvalue weighted by molar-refractivity contribution is -0.383. The maximum atomic E-state index is 11.0. The summed E-state index contributed by atoms with van der Waals surface area (Å²) in [5.41, 5.74) is 1.73. The van der Waals surface area contributed by atoms with E-state index in [1.54, 1.807) is 30.5 Å². The SMILES string of the molecule is CC(C)CC(Cl)Cc1ccc([N+](=O)[O-])c2cccnc12. The number of nitro groups is 1. The van der Waals surface area contributed by atoms with Gasteiger partial charge in [-0.1, -0.05) is 13.8 Å². The molecule has 0 saturated heterocycles. The Labute approximate surface area is 122 Å². The molecule has 20 heavy (non-hydrogen) atoms. The van der Waals surface area contributed by atoms with Crippen LogP contribution in [0, 0.1) is 16.0 Å². The van der Waals surface area contributed by atoms with E-state index in [2.05, 4.69) is 18.8 Å². The second kappa shape index (κ2) is 6.18. The zero-order valence-corrected chi connectivity index (χ0v) is 12.3. The second-order valence-corrected chi connectivity index (χ2v) is 5.95. The number of benzene rings is 1. The van der Waals surface area contributed by atoms with Crippen LogP contribution in [0.15, 0.2) is 30.5 Å². The maximum Gasteiger partial charge on any atom is 0.278 e. The van der Waals surface area contributed by atoms with Crippen LogP contribution in [0.1, 0.15) is 25.8 Å². The standard InChI is InChI=1S/C15H17ClN2O2/c1-10(2)8-12(16)9-11-5-6-14(18(19)20)13-4-3-7-17-15(11)13/h3-7,10,12H,8-9H2,1-2H3. The van der Waals surface area contributed by atoms with Crippen LogP contribution in [0.2, 0.25) is 0 Å². The van der Waals surface area contributed by atoms with Crippen LogP contribution in [-0.4, -0.2) is 15.3 Å². The third-order valence-corrected chi connectivity index (χ3v) is 3.53. The van der Waals surface area contributed by atoms with E-state index in [-0.39, 0.29) is 16.0 Å². The molecule has 4 nitrogen and oxygen atoms in total. The summed E-state index contributed by atoms with van der Waals surface area (Å²) in [7, 11) is 0. The van der Waals surface area contributed by atoms with E-state index in [4.69, 9.17) is 11.6 Å². The molecule has 0 aliphatic carbocycles. The number of pyridine rings is 1. The van der Waals surface area contributed by atoms with E-state index in [1.165, 1.54) is 0 Å². The van der Waals surface area contributed by atoms with E-state index < -0.39 is 0 Å². The lowest BCUT2D eigenvalue weighted by Crippen LogP contribution is -2.08. The Balaban J connectivity index is 2.40. The molecule has 1 aromatic heterocycles. The van der Waals surface area contributed by atoms with Crippen molar-refractivity contribution in [3.05, 3.63) is 46.1 Å². The quantitative estimate of drug-likeness (QED) is 0.468. The summed E-state index contributed by atoms with van der Waals surface area (Å²) in [6.07, 6.45) is 3.24. The highest BCUT2D eigenvalue weighted by atomic mass is 35.5. The molecule has 0 saturated carbocycles. The zero-order chi connectivity index (χ0) is 14.7. The number of hydrogen-bond acceptors (Lipinski definition) is 3. The molecule has 0 aliphatic rings. The topological polar surface area (TPSA) is 56.0 Å². The molecular weight excluding hydrogens is 276 g/mol.